The molecule has 3 heteroatoms. The Kier molecular flexibility index (Phi) is 4.97. The molecule has 22 heavy (non-hydrogen) atoms. The summed E-state index contributed by atoms with van der Waals surface area (Å²) in [6.07, 6.45) is 13.3. The Morgan fingerprint density at radius 2 is 1.82 bits per heavy atom. The third-order valence-electron chi connectivity index (χ3n) is 5.18. The van der Waals surface area contributed by atoms with Crippen LogP contribution in [-0.4, -0.2) is 11.0 Å². The Bertz CT molecular complexity index is 565. The minimum Gasteiger partial charge on any atom is -0.367 e. The first-order valence-corrected chi connectivity index (χ1v) is 9.04. The highest BCUT2D eigenvalue weighted by Crippen LogP contribution is 2.33. The van der Waals surface area contributed by atoms with Crippen molar-refractivity contribution in [3.05, 3.63) is 22.4 Å². The van der Waals surface area contributed by atoms with Crippen molar-refractivity contribution in [2.75, 3.05) is 5.32 Å². The van der Waals surface area contributed by atoms with Crippen LogP contribution >= 0.6 is 0 Å². The average molecular weight is 297 g/mol. The van der Waals surface area contributed by atoms with Gasteiger partial charge in [-0.15, -0.1) is 0 Å². The second-order valence-electron chi connectivity index (χ2n) is 6.79. The summed E-state index contributed by atoms with van der Waals surface area (Å²) in [6, 6.07) is 2.91. The van der Waals surface area contributed by atoms with Crippen LogP contribution in [0.4, 0.5) is 5.82 Å². The van der Waals surface area contributed by atoms with E-state index >= 15 is 0 Å². The van der Waals surface area contributed by atoms with Crippen LogP contribution in [0.25, 0.3) is 0 Å². The molecule has 1 aromatic heterocycles. The van der Waals surface area contributed by atoms with Gasteiger partial charge in [-0.2, -0.15) is 5.26 Å². The smallest absolute Gasteiger partial charge is 0.146 e. The van der Waals surface area contributed by atoms with Crippen molar-refractivity contribution in [1.29, 1.82) is 5.26 Å². The molecule has 3 rings (SSSR count). The Hall–Kier alpha value is -1.56. The summed E-state index contributed by atoms with van der Waals surface area (Å²) in [5.74, 6) is 1.03. The molecule has 1 N–H and O–H groups in total. The SMILES string of the molecule is CCCc1c(C#N)nc(NC2CCCCC2)c2c1CCCC2. The average Bonchev–Trinajstić information content (AvgIpc) is 2.58. The molecule has 0 unspecified atom stereocenters. The van der Waals surface area contributed by atoms with Gasteiger partial charge in [0.2, 0.25) is 0 Å². The number of pyridine rings is 1. The van der Waals surface area contributed by atoms with Gasteiger partial charge in [-0.1, -0.05) is 32.6 Å². The first kappa shape index (κ1) is 15.3. The fraction of sp³-hybridized carbons (Fsp3) is 0.684. The van der Waals surface area contributed by atoms with Gasteiger partial charge in [0.25, 0.3) is 0 Å². The molecule has 0 aromatic carbocycles. The topological polar surface area (TPSA) is 48.7 Å². The van der Waals surface area contributed by atoms with Crippen LogP contribution in [0.2, 0.25) is 0 Å². The molecule has 0 radical (unpaired) electrons. The maximum atomic E-state index is 9.54. The molecule has 2 aliphatic rings. The fourth-order valence-corrected chi connectivity index (χ4v) is 4.06. The molecule has 3 nitrogen and oxygen atoms in total. The summed E-state index contributed by atoms with van der Waals surface area (Å²) < 4.78 is 0. The highest BCUT2D eigenvalue weighted by Gasteiger charge is 2.23. The molecular weight excluding hydrogens is 270 g/mol. The van der Waals surface area contributed by atoms with E-state index in [9.17, 15) is 5.26 Å². The molecule has 1 saturated carbocycles. The Balaban J connectivity index is 1.96. The molecule has 0 atom stereocenters. The molecule has 1 heterocycles. The lowest BCUT2D eigenvalue weighted by atomic mass is 9.86. The third-order valence-corrected chi connectivity index (χ3v) is 5.18. The first-order chi connectivity index (χ1) is 10.8. The third kappa shape index (κ3) is 3.11. The largest absolute Gasteiger partial charge is 0.367 e. The van der Waals surface area contributed by atoms with Crippen molar-refractivity contribution in [1.82, 2.24) is 4.98 Å². The molecule has 0 aliphatic heterocycles. The summed E-state index contributed by atoms with van der Waals surface area (Å²) in [4.78, 5) is 4.74. The van der Waals surface area contributed by atoms with E-state index in [-0.39, 0.29) is 0 Å². The second-order valence-corrected chi connectivity index (χ2v) is 6.79. The molecule has 1 aromatic rings. The number of anilines is 1. The quantitative estimate of drug-likeness (QED) is 0.888. The predicted molar refractivity (Wildman–Crippen MR) is 90.1 cm³/mol. The molecule has 118 valence electrons. The lowest BCUT2D eigenvalue weighted by molar-refractivity contribution is 0.461. The van der Waals surface area contributed by atoms with Crippen molar-refractivity contribution in [3.8, 4) is 6.07 Å². The normalized spacial score (nSPS) is 18.5. The van der Waals surface area contributed by atoms with Crippen molar-refractivity contribution >= 4 is 5.82 Å². The molecule has 0 bridgehead atoms. The maximum absolute atomic E-state index is 9.54. The number of nitrogens with zero attached hydrogens (tertiary/aromatic N) is 2. The molecule has 0 saturated heterocycles. The van der Waals surface area contributed by atoms with E-state index in [1.54, 1.807) is 0 Å². The van der Waals surface area contributed by atoms with E-state index < -0.39 is 0 Å². The van der Waals surface area contributed by atoms with Crippen LogP contribution < -0.4 is 5.32 Å². The molecule has 1 fully saturated rings. The van der Waals surface area contributed by atoms with Crippen LogP contribution in [0.3, 0.4) is 0 Å². The lowest BCUT2D eigenvalue weighted by Crippen LogP contribution is -2.25. The lowest BCUT2D eigenvalue weighted by Gasteiger charge is -2.28. The number of nitrogens with one attached hydrogen (secondary N) is 1. The minimum atomic E-state index is 0.552. The summed E-state index contributed by atoms with van der Waals surface area (Å²) in [5.41, 5.74) is 4.76. The molecule has 0 spiro atoms. The number of hydrogen-bond donors (Lipinski definition) is 1. The van der Waals surface area contributed by atoms with Gasteiger partial charge in [-0.3, -0.25) is 0 Å². The van der Waals surface area contributed by atoms with Gasteiger partial charge < -0.3 is 5.32 Å². The van der Waals surface area contributed by atoms with Crippen molar-refractivity contribution < 1.29 is 0 Å². The zero-order valence-electron chi connectivity index (χ0n) is 13.7. The number of fused-ring (bicyclic) bond motifs is 1. The number of hydrogen-bond acceptors (Lipinski definition) is 3. The molecule has 0 amide bonds. The van der Waals surface area contributed by atoms with E-state index in [0.717, 1.165) is 31.5 Å². The zero-order valence-corrected chi connectivity index (χ0v) is 13.7. The van der Waals surface area contributed by atoms with Gasteiger partial charge in [-0.25, -0.2) is 4.98 Å². The summed E-state index contributed by atoms with van der Waals surface area (Å²) in [5, 5.41) is 13.2. The van der Waals surface area contributed by atoms with Crippen LogP contribution in [0.5, 0.6) is 0 Å². The van der Waals surface area contributed by atoms with Crippen molar-refractivity contribution in [2.45, 2.75) is 83.6 Å². The van der Waals surface area contributed by atoms with E-state index in [2.05, 4.69) is 18.3 Å². The Morgan fingerprint density at radius 1 is 1.09 bits per heavy atom. The van der Waals surface area contributed by atoms with Gasteiger partial charge in [0.05, 0.1) is 0 Å². The van der Waals surface area contributed by atoms with E-state index in [4.69, 9.17) is 4.98 Å². The van der Waals surface area contributed by atoms with E-state index in [1.165, 1.54) is 61.6 Å². The second kappa shape index (κ2) is 7.13. The molecular formula is C19H27N3. The Morgan fingerprint density at radius 3 is 2.50 bits per heavy atom. The summed E-state index contributed by atoms with van der Waals surface area (Å²) in [7, 11) is 0. The van der Waals surface area contributed by atoms with Crippen molar-refractivity contribution in [2.24, 2.45) is 0 Å². The summed E-state index contributed by atoms with van der Waals surface area (Å²) >= 11 is 0. The highest BCUT2D eigenvalue weighted by atomic mass is 15.0. The van der Waals surface area contributed by atoms with E-state index in [1.807, 2.05) is 0 Å². The maximum Gasteiger partial charge on any atom is 0.146 e. The zero-order chi connectivity index (χ0) is 15.4. The highest BCUT2D eigenvalue weighted by molar-refractivity contribution is 5.57. The Labute approximate surface area is 134 Å². The standard InChI is InChI=1S/C19H27N3/c1-2-8-16-15-11-6-7-12-17(15)19(22-18(16)13-20)21-14-9-4-3-5-10-14/h14H,2-12H2,1H3,(H,21,22). The van der Waals surface area contributed by atoms with Gasteiger partial charge in [0.15, 0.2) is 0 Å². The van der Waals surface area contributed by atoms with Gasteiger partial charge in [0.1, 0.15) is 17.6 Å². The predicted octanol–water partition coefficient (Wildman–Crippen LogP) is 4.53. The fourth-order valence-electron chi connectivity index (χ4n) is 4.06. The van der Waals surface area contributed by atoms with Crippen LogP contribution in [0.1, 0.15) is 80.7 Å². The van der Waals surface area contributed by atoms with Crippen LogP contribution in [0, 0.1) is 11.3 Å². The summed E-state index contributed by atoms with van der Waals surface area (Å²) in [6.45, 7) is 2.19. The minimum absolute atomic E-state index is 0.552. The van der Waals surface area contributed by atoms with Gasteiger partial charge in [-0.05, 0) is 61.6 Å². The first-order valence-electron chi connectivity index (χ1n) is 9.04. The number of aromatic nitrogens is 1. The van der Waals surface area contributed by atoms with Crippen molar-refractivity contribution in [3.63, 3.8) is 0 Å². The van der Waals surface area contributed by atoms with Gasteiger partial charge >= 0.3 is 0 Å². The van der Waals surface area contributed by atoms with Gasteiger partial charge in [0, 0.05) is 6.04 Å². The molecule has 2 aliphatic carbocycles. The monoisotopic (exact) mass is 297 g/mol. The van der Waals surface area contributed by atoms with Crippen LogP contribution in [0.15, 0.2) is 0 Å². The van der Waals surface area contributed by atoms with E-state index in [0.29, 0.717) is 11.7 Å². The van der Waals surface area contributed by atoms with Crippen LogP contribution in [-0.2, 0) is 19.3 Å². The number of nitriles is 1. The number of rotatable bonds is 4.